The molecule has 1 aliphatic rings. The Labute approximate surface area is 117 Å². The van der Waals surface area contributed by atoms with Crippen LogP contribution in [0.25, 0.3) is 0 Å². The van der Waals surface area contributed by atoms with Crippen molar-refractivity contribution >= 4 is 11.3 Å². The molecule has 0 bridgehead atoms. The molecule has 2 heterocycles. The molecule has 0 spiro atoms. The third-order valence-electron chi connectivity index (χ3n) is 3.45. The van der Waals surface area contributed by atoms with Crippen LogP contribution in [0.2, 0.25) is 0 Å². The minimum Gasteiger partial charge on any atom is -0.486 e. The molecule has 0 amide bonds. The maximum Gasteiger partial charge on any atom is 0.125 e. The van der Waals surface area contributed by atoms with Gasteiger partial charge in [-0.15, -0.1) is 11.3 Å². The molecule has 1 aromatic heterocycles. The van der Waals surface area contributed by atoms with E-state index in [-0.39, 0.29) is 11.6 Å². The first kappa shape index (κ1) is 12.6. The van der Waals surface area contributed by atoms with E-state index >= 15 is 0 Å². The van der Waals surface area contributed by atoms with Gasteiger partial charge in [-0.2, -0.15) is 0 Å². The largest absolute Gasteiger partial charge is 0.486 e. The number of hydrogen-bond donors (Lipinski definition) is 1. The number of aromatic nitrogens is 1. The standard InChI is InChI=1S/C15H18N2OS/c1-10-16-8-11(19-10)9-17-14-12-6-4-5-7-13(12)18-15(14,2)3/h4-8,14,17H,9H2,1-3H3. The Kier molecular flexibility index (Phi) is 3.07. The average molecular weight is 274 g/mol. The second-order valence-corrected chi connectivity index (χ2v) is 6.72. The van der Waals surface area contributed by atoms with Gasteiger partial charge in [0.05, 0.1) is 11.0 Å². The number of nitrogens with one attached hydrogen (secondary N) is 1. The van der Waals surface area contributed by atoms with Gasteiger partial charge in [0, 0.05) is 23.2 Å². The minimum absolute atomic E-state index is 0.214. The first-order valence-corrected chi connectivity index (χ1v) is 7.30. The van der Waals surface area contributed by atoms with Gasteiger partial charge in [-0.3, -0.25) is 0 Å². The normalized spacial score (nSPS) is 20.1. The number of ether oxygens (including phenoxy) is 1. The topological polar surface area (TPSA) is 34.2 Å². The van der Waals surface area contributed by atoms with E-state index in [0.717, 1.165) is 17.3 Å². The van der Waals surface area contributed by atoms with Crippen molar-refractivity contribution in [3.05, 3.63) is 45.9 Å². The second-order valence-electron chi connectivity index (χ2n) is 5.40. The highest BCUT2D eigenvalue weighted by Gasteiger charge is 2.40. The van der Waals surface area contributed by atoms with E-state index in [1.165, 1.54) is 10.4 Å². The Morgan fingerprint density at radius 3 is 2.89 bits per heavy atom. The van der Waals surface area contributed by atoms with Crippen LogP contribution in [0.3, 0.4) is 0 Å². The van der Waals surface area contributed by atoms with E-state index in [1.807, 2.05) is 25.3 Å². The molecule has 2 aromatic rings. The Hall–Kier alpha value is -1.39. The summed E-state index contributed by atoms with van der Waals surface area (Å²) in [6.45, 7) is 7.12. The molecule has 19 heavy (non-hydrogen) atoms. The van der Waals surface area contributed by atoms with E-state index < -0.39 is 0 Å². The Balaban J connectivity index is 1.79. The monoisotopic (exact) mass is 274 g/mol. The van der Waals surface area contributed by atoms with Crippen LogP contribution in [-0.2, 0) is 6.54 Å². The fraction of sp³-hybridized carbons (Fsp3) is 0.400. The number of thiazole rings is 1. The second kappa shape index (κ2) is 4.62. The number of aryl methyl sites for hydroxylation is 1. The lowest BCUT2D eigenvalue weighted by atomic mass is 9.94. The molecule has 0 radical (unpaired) electrons. The molecule has 0 saturated carbocycles. The molecule has 4 heteroatoms. The Bertz CT molecular complexity index is 591. The van der Waals surface area contributed by atoms with Crippen molar-refractivity contribution in [2.75, 3.05) is 0 Å². The van der Waals surface area contributed by atoms with Gasteiger partial charge < -0.3 is 10.1 Å². The third kappa shape index (κ3) is 2.38. The lowest BCUT2D eigenvalue weighted by Gasteiger charge is -2.27. The smallest absolute Gasteiger partial charge is 0.125 e. The van der Waals surface area contributed by atoms with Crippen LogP contribution >= 0.6 is 11.3 Å². The molecular formula is C15H18N2OS. The van der Waals surface area contributed by atoms with Gasteiger partial charge in [0.1, 0.15) is 11.4 Å². The molecular weight excluding hydrogens is 256 g/mol. The molecule has 100 valence electrons. The number of rotatable bonds is 3. The molecule has 1 atom stereocenters. The quantitative estimate of drug-likeness (QED) is 0.930. The molecule has 1 N–H and O–H groups in total. The first-order chi connectivity index (χ1) is 9.06. The van der Waals surface area contributed by atoms with E-state index in [4.69, 9.17) is 4.74 Å². The maximum atomic E-state index is 6.03. The summed E-state index contributed by atoms with van der Waals surface area (Å²) in [5.41, 5.74) is 1.03. The minimum atomic E-state index is -0.219. The lowest BCUT2D eigenvalue weighted by Crippen LogP contribution is -2.38. The van der Waals surface area contributed by atoms with Crippen LogP contribution in [0, 0.1) is 6.92 Å². The van der Waals surface area contributed by atoms with Gasteiger partial charge in [0.2, 0.25) is 0 Å². The van der Waals surface area contributed by atoms with E-state index in [0.29, 0.717) is 0 Å². The molecule has 1 unspecified atom stereocenters. The predicted molar refractivity (Wildman–Crippen MR) is 77.6 cm³/mol. The highest BCUT2D eigenvalue weighted by atomic mass is 32.1. The van der Waals surface area contributed by atoms with Crippen molar-refractivity contribution < 1.29 is 4.74 Å². The SMILES string of the molecule is Cc1ncc(CNC2c3ccccc3OC2(C)C)s1. The molecule has 0 saturated heterocycles. The maximum absolute atomic E-state index is 6.03. The van der Waals surface area contributed by atoms with Crippen LogP contribution in [0.1, 0.15) is 35.3 Å². The van der Waals surface area contributed by atoms with Gasteiger partial charge >= 0.3 is 0 Å². The molecule has 3 nitrogen and oxygen atoms in total. The number of benzene rings is 1. The van der Waals surface area contributed by atoms with Crippen molar-refractivity contribution in [3.63, 3.8) is 0 Å². The number of hydrogen-bond acceptors (Lipinski definition) is 4. The highest BCUT2D eigenvalue weighted by Crippen LogP contribution is 2.42. The molecule has 0 fully saturated rings. The molecule has 3 rings (SSSR count). The lowest BCUT2D eigenvalue weighted by molar-refractivity contribution is 0.0959. The summed E-state index contributed by atoms with van der Waals surface area (Å²) in [5, 5.41) is 4.71. The van der Waals surface area contributed by atoms with Crippen LogP contribution in [0.5, 0.6) is 5.75 Å². The third-order valence-corrected chi connectivity index (χ3v) is 4.36. The average Bonchev–Trinajstić information content (AvgIpc) is 2.87. The summed E-state index contributed by atoms with van der Waals surface area (Å²) >= 11 is 1.74. The predicted octanol–water partition coefficient (Wildman–Crippen LogP) is 3.45. The van der Waals surface area contributed by atoms with Gasteiger partial charge in [-0.25, -0.2) is 4.98 Å². The van der Waals surface area contributed by atoms with Crippen molar-refractivity contribution in [1.82, 2.24) is 10.3 Å². The van der Waals surface area contributed by atoms with Gasteiger partial charge in [0.25, 0.3) is 0 Å². The van der Waals surface area contributed by atoms with Crippen molar-refractivity contribution in [2.45, 2.75) is 39.0 Å². The molecule has 1 aliphatic heterocycles. The summed E-state index contributed by atoms with van der Waals surface area (Å²) in [6, 6.07) is 8.47. The zero-order valence-electron chi connectivity index (χ0n) is 11.4. The van der Waals surface area contributed by atoms with E-state index in [9.17, 15) is 0 Å². The zero-order valence-corrected chi connectivity index (χ0v) is 12.3. The van der Waals surface area contributed by atoms with Crippen molar-refractivity contribution in [1.29, 1.82) is 0 Å². The molecule has 1 aromatic carbocycles. The summed E-state index contributed by atoms with van der Waals surface area (Å²) in [6.07, 6.45) is 1.95. The number of para-hydroxylation sites is 1. The molecule has 0 aliphatic carbocycles. The number of fused-ring (bicyclic) bond motifs is 1. The fourth-order valence-corrected chi connectivity index (χ4v) is 3.32. The van der Waals surface area contributed by atoms with E-state index in [2.05, 4.69) is 36.3 Å². The van der Waals surface area contributed by atoms with Gasteiger partial charge in [0.15, 0.2) is 0 Å². The van der Waals surface area contributed by atoms with E-state index in [1.54, 1.807) is 11.3 Å². The number of nitrogens with zero attached hydrogens (tertiary/aromatic N) is 1. The van der Waals surface area contributed by atoms with Crippen LogP contribution in [-0.4, -0.2) is 10.6 Å². The van der Waals surface area contributed by atoms with Crippen molar-refractivity contribution in [2.24, 2.45) is 0 Å². The first-order valence-electron chi connectivity index (χ1n) is 6.49. The van der Waals surface area contributed by atoms with Gasteiger partial charge in [-0.1, -0.05) is 18.2 Å². The summed E-state index contributed by atoms with van der Waals surface area (Å²) in [4.78, 5) is 5.55. The highest BCUT2D eigenvalue weighted by molar-refractivity contribution is 7.11. The van der Waals surface area contributed by atoms with Gasteiger partial charge in [-0.05, 0) is 26.8 Å². The van der Waals surface area contributed by atoms with Crippen LogP contribution < -0.4 is 10.1 Å². The van der Waals surface area contributed by atoms with Crippen LogP contribution in [0.15, 0.2) is 30.5 Å². The van der Waals surface area contributed by atoms with Crippen LogP contribution in [0.4, 0.5) is 0 Å². The summed E-state index contributed by atoms with van der Waals surface area (Å²) in [7, 11) is 0. The fourth-order valence-electron chi connectivity index (χ4n) is 2.57. The Morgan fingerprint density at radius 2 is 2.16 bits per heavy atom. The summed E-state index contributed by atoms with van der Waals surface area (Å²) < 4.78 is 6.03. The Morgan fingerprint density at radius 1 is 1.37 bits per heavy atom. The summed E-state index contributed by atoms with van der Waals surface area (Å²) in [5.74, 6) is 0.991. The zero-order chi connectivity index (χ0) is 13.5. The van der Waals surface area contributed by atoms with Crippen molar-refractivity contribution in [3.8, 4) is 5.75 Å².